The molecule has 0 aliphatic heterocycles. The molecule has 0 saturated heterocycles. The molecule has 0 fully saturated rings. The average molecular weight is 381 g/mol. The zero-order valence-corrected chi connectivity index (χ0v) is 15.1. The van der Waals surface area contributed by atoms with Crippen LogP contribution in [-0.4, -0.2) is 25.7 Å². The van der Waals surface area contributed by atoms with Gasteiger partial charge >= 0.3 is 5.76 Å². The van der Waals surface area contributed by atoms with Crippen LogP contribution in [0.3, 0.4) is 0 Å². The second-order valence-corrected chi connectivity index (χ2v) is 6.46. The van der Waals surface area contributed by atoms with Crippen LogP contribution in [0.1, 0.15) is 5.56 Å². The molecule has 2 aromatic heterocycles. The number of amides is 1. The van der Waals surface area contributed by atoms with E-state index >= 15 is 0 Å². The molecule has 0 aliphatic rings. The summed E-state index contributed by atoms with van der Waals surface area (Å²) in [6.45, 7) is 2.00. The first-order valence-electron chi connectivity index (χ1n) is 8.14. The molecule has 4 rings (SSSR count). The summed E-state index contributed by atoms with van der Waals surface area (Å²) in [4.78, 5) is 26.3. The number of carbonyl (C=O) groups is 1. The lowest BCUT2D eigenvalue weighted by molar-refractivity contribution is -0.116. The second-order valence-electron chi connectivity index (χ2n) is 6.08. The Bertz CT molecular complexity index is 1250. The molecular weight excluding hydrogens is 366 g/mol. The summed E-state index contributed by atoms with van der Waals surface area (Å²) in [5, 5.41) is 9.75. The van der Waals surface area contributed by atoms with Crippen LogP contribution in [0.4, 0.5) is 5.69 Å². The van der Waals surface area contributed by atoms with Crippen LogP contribution in [-0.2, 0) is 11.3 Å². The van der Waals surface area contributed by atoms with Crippen molar-refractivity contribution in [1.29, 1.82) is 0 Å². The highest BCUT2D eigenvalue weighted by Crippen LogP contribution is 2.19. The van der Waals surface area contributed by atoms with Crippen LogP contribution in [0, 0.1) is 11.7 Å². The van der Waals surface area contributed by atoms with Gasteiger partial charge in [-0.2, -0.15) is 5.10 Å². The molecule has 4 aromatic rings. The van der Waals surface area contributed by atoms with E-state index in [4.69, 9.17) is 16.6 Å². The van der Waals surface area contributed by atoms with Crippen LogP contribution < -0.4 is 11.1 Å². The van der Waals surface area contributed by atoms with E-state index in [1.807, 2.05) is 31.2 Å². The Hall–Kier alpha value is -3.46. The molecule has 27 heavy (non-hydrogen) atoms. The van der Waals surface area contributed by atoms with Crippen molar-refractivity contribution in [3.63, 3.8) is 0 Å². The van der Waals surface area contributed by atoms with Crippen molar-refractivity contribution in [3.8, 4) is 11.4 Å². The molecule has 0 spiro atoms. The minimum Gasteiger partial charge on any atom is -0.408 e. The van der Waals surface area contributed by atoms with Crippen molar-refractivity contribution < 1.29 is 9.21 Å². The van der Waals surface area contributed by atoms with Crippen molar-refractivity contribution in [2.24, 2.45) is 0 Å². The molecule has 0 saturated carbocycles. The second kappa shape index (κ2) is 6.69. The van der Waals surface area contributed by atoms with E-state index in [9.17, 15) is 9.59 Å². The van der Waals surface area contributed by atoms with Gasteiger partial charge in [-0.05, 0) is 37.3 Å². The SMILES string of the molecule is Cc1ccc(-c2n[nH]c(=S)n2CC(=O)Nc2ccc3oc(=O)[nH]c3c2)cc1. The Morgan fingerprint density at radius 2 is 2.04 bits per heavy atom. The first kappa shape index (κ1) is 17.0. The minimum absolute atomic E-state index is 0.00150. The Balaban J connectivity index is 1.57. The monoisotopic (exact) mass is 381 g/mol. The molecule has 0 atom stereocenters. The highest BCUT2D eigenvalue weighted by molar-refractivity contribution is 7.71. The number of hydrogen-bond acceptors (Lipinski definition) is 5. The predicted molar refractivity (Wildman–Crippen MR) is 103 cm³/mol. The summed E-state index contributed by atoms with van der Waals surface area (Å²) < 4.78 is 6.94. The van der Waals surface area contributed by atoms with E-state index in [1.165, 1.54) is 0 Å². The number of anilines is 1. The number of aromatic amines is 2. The smallest absolute Gasteiger partial charge is 0.408 e. The lowest BCUT2D eigenvalue weighted by Crippen LogP contribution is -2.19. The molecule has 3 N–H and O–H groups in total. The van der Waals surface area contributed by atoms with Crippen LogP contribution >= 0.6 is 12.2 Å². The lowest BCUT2D eigenvalue weighted by atomic mass is 10.1. The summed E-state index contributed by atoms with van der Waals surface area (Å²) >= 11 is 5.26. The third-order valence-electron chi connectivity index (χ3n) is 4.07. The molecule has 8 nitrogen and oxygen atoms in total. The van der Waals surface area contributed by atoms with E-state index in [2.05, 4.69) is 20.5 Å². The Morgan fingerprint density at radius 3 is 2.81 bits per heavy atom. The van der Waals surface area contributed by atoms with Crippen molar-refractivity contribution in [1.82, 2.24) is 19.7 Å². The number of H-pyrrole nitrogens is 2. The van der Waals surface area contributed by atoms with Gasteiger partial charge in [0.15, 0.2) is 16.2 Å². The zero-order valence-electron chi connectivity index (χ0n) is 14.3. The maximum absolute atomic E-state index is 12.5. The van der Waals surface area contributed by atoms with Crippen LogP contribution in [0.25, 0.3) is 22.5 Å². The van der Waals surface area contributed by atoms with E-state index in [0.717, 1.165) is 11.1 Å². The maximum atomic E-state index is 12.5. The van der Waals surface area contributed by atoms with Crippen molar-refractivity contribution in [2.45, 2.75) is 13.5 Å². The number of fused-ring (bicyclic) bond motifs is 1. The Labute approximate surface area is 157 Å². The summed E-state index contributed by atoms with van der Waals surface area (Å²) in [6.07, 6.45) is 0. The van der Waals surface area contributed by atoms with Crippen molar-refractivity contribution in [3.05, 3.63) is 63.3 Å². The molecule has 0 bridgehead atoms. The highest BCUT2D eigenvalue weighted by atomic mass is 32.1. The number of nitrogens with zero attached hydrogens (tertiary/aromatic N) is 2. The van der Waals surface area contributed by atoms with Gasteiger partial charge in [-0.1, -0.05) is 29.8 Å². The highest BCUT2D eigenvalue weighted by Gasteiger charge is 2.13. The van der Waals surface area contributed by atoms with Gasteiger partial charge in [0.2, 0.25) is 5.91 Å². The van der Waals surface area contributed by atoms with Crippen LogP contribution in [0.5, 0.6) is 0 Å². The predicted octanol–water partition coefficient (Wildman–Crippen LogP) is 2.99. The van der Waals surface area contributed by atoms with Gasteiger partial charge in [-0.25, -0.2) is 4.79 Å². The molecule has 0 unspecified atom stereocenters. The third kappa shape index (κ3) is 3.44. The number of oxazole rings is 1. The van der Waals surface area contributed by atoms with E-state index in [0.29, 0.717) is 27.4 Å². The number of aryl methyl sites for hydroxylation is 1. The summed E-state index contributed by atoms with van der Waals surface area (Å²) in [6, 6.07) is 12.7. The van der Waals surface area contributed by atoms with Gasteiger partial charge in [0.25, 0.3) is 0 Å². The molecule has 1 amide bonds. The fourth-order valence-electron chi connectivity index (χ4n) is 2.76. The van der Waals surface area contributed by atoms with Crippen LogP contribution in [0.2, 0.25) is 0 Å². The fraction of sp³-hybridized carbons (Fsp3) is 0.111. The number of carbonyl (C=O) groups excluding carboxylic acids is 1. The zero-order chi connectivity index (χ0) is 19.0. The first-order valence-corrected chi connectivity index (χ1v) is 8.55. The van der Waals surface area contributed by atoms with E-state index < -0.39 is 5.76 Å². The quantitative estimate of drug-likeness (QED) is 0.471. The third-order valence-corrected chi connectivity index (χ3v) is 4.38. The van der Waals surface area contributed by atoms with Gasteiger partial charge < -0.3 is 9.73 Å². The number of aromatic nitrogens is 4. The lowest BCUT2D eigenvalue weighted by Gasteiger charge is -2.08. The normalized spacial score (nSPS) is 11.0. The minimum atomic E-state index is -0.541. The Kier molecular flexibility index (Phi) is 4.21. The van der Waals surface area contributed by atoms with Crippen molar-refractivity contribution >= 4 is 34.9 Å². The number of benzene rings is 2. The van der Waals surface area contributed by atoms with Crippen LogP contribution in [0.15, 0.2) is 51.7 Å². The molecular formula is C18H15N5O3S. The molecule has 2 heterocycles. The number of nitrogens with one attached hydrogen (secondary N) is 3. The van der Waals surface area contributed by atoms with Gasteiger partial charge in [0, 0.05) is 11.3 Å². The number of rotatable bonds is 4. The molecule has 9 heteroatoms. The van der Waals surface area contributed by atoms with Gasteiger partial charge in [0.05, 0.1) is 5.52 Å². The van der Waals surface area contributed by atoms with E-state index in [-0.39, 0.29) is 12.5 Å². The maximum Gasteiger partial charge on any atom is 0.417 e. The van der Waals surface area contributed by atoms with E-state index in [1.54, 1.807) is 22.8 Å². The molecule has 0 aliphatic carbocycles. The fourth-order valence-corrected chi connectivity index (χ4v) is 2.96. The first-order chi connectivity index (χ1) is 13.0. The molecule has 136 valence electrons. The largest absolute Gasteiger partial charge is 0.417 e. The van der Waals surface area contributed by atoms with Crippen molar-refractivity contribution in [2.75, 3.05) is 5.32 Å². The standard InChI is InChI=1S/C18H15N5O3S/c1-10-2-4-11(5-3-10)16-21-22-17(27)23(16)9-15(24)19-12-6-7-14-13(8-12)20-18(25)26-14/h2-8H,9H2,1H3,(H,19,24)(H,20,25)(H,22,27). The summed E-state index contributed by atoms with van der Waals surface area (Å²) in [5.74, 6) is -0.225. The average Bonchev–Trinajstić information content (AvgIpc) is 3.17. The topological polar surface area (TPSA) is 109 Å². The summed E-state index contributed by atoms with van der Waals surface area (Å²) in [5.41, 5.74) is 3.47. The Morgan fingerprint density at radius 1 is 1.26 bits per heavy atom. The van der Waals surface area contributed by atoms with Gasteiger partial charge in [0.1, 0.15) is 6.54 Å². The van der Waals surface area contributed by atoms with Gasteiger partial charge in [-0.15, -0.1) is 0 Å². The molecule has 2 aromatic carbocycles. The summed E-state index contributed by atoms with van der Waals surface area (Å²) in [7, 11) is 0. The number of hydrogen-bond donors (Lipinski definition) is 3. The van der Waals surface area contributed by atoms with Gasteiger partial charge in [-0.3, -0.25) is 19.4 Å². The molecule has 0 radical (unpaired) electrons.